The van der Waals surface area contributed by atoms with Gasteiger partial charge in [-0.05, 0) is 41.8 Å². The zero-order chi connectivity index (χ0) is 19.2. The molecule has 2 aromatic rings. The van der Waals surface area contributed by atoms with Crippen LogP contribution < -0.4 is 9.79 Å². The van der Waals surface area contributed by atoms with E-state index in [1.165, 1.54) is 28.0 Å². The van der Waals surface area contributed by atoms with E-state index in [0.717, 1.165) is 6.08 Å². The number of anilines is 1. The van der Waals surface area contributed by atoms with Crippen LogP contribution in [0.3, 0.4) is 0 Å². The first kappa shape index (κ1) is 19.7. The van der Waals surface area contributed by atoms with E-state index in [9.17, 15) is 13.2 Å². The summed E-state index contributed by atoms with van der Waals surface area (Å²) >= 11 is 0. The smallest absolute Gasteiger partial charge is 0.267 e. The number of nitrogens with zero attached hydrogens (tertiary/aromatic N) is 1. The van der Waals surface area contributed by atoms with E-state index in [4.69, 9.17) is 5.21 Å². The Labute approximate surface area is 153 Å². The van der Waals surface area contributed by atoms with Crippen molar-refractivity contribution >= 4 is 27.7 Å². The SMILES string of the molecule is CC(C)CN(c1ccccc1)S(=O)(=O)c1cccc(C=CC(=O)NO)c1. The minimum Gasteiger partial charge on any atom is -0.288 e. The van der Waals surface area contributed by atoms with Gasteiger partial charge >= 0.3 is 0 Å². The highest BCUT2D eigenvalue weighted by atomic mass is 32.2. The molecule has 0 aliphatic carbocycles. The van der Waals surface area contributed by atoms with Gasteiger partial charge < -0.3 is 0 Å². The first-order valence-electron chi connectivity index (χ1n) is 8.14. The number of hydrogen-bond acceptors (Lipinski definition) is 4. The van der Waals surface area contributed by atoms with Gasteiger partial charge in [0.25, 0.3) is 15.9 Å². The van der Waals surface area contributed by atoms with Gasteiger partial charge in [-0.2, -0.15) is 0 Å². The van der Waals surface area contributed by atoms with Crippen LogP contribution in [0.5, 0.6) is 0 Å². The van der Waals surface area contributed by atoms with Gasteiger partial charge in [0, 0.05) is 12.6 Å². The number of nitrogens with one attached hydrogen (secondary N) is 1. The number of hydrogen-bond donors (Lipinski definition) is 2. The third-order valence-electron chi connectivity index (χ3n) is 3.56. The molecule has 0 fully saturated rings. The molecule has 2 rings (SSSR count). The van der Waals surface area contributed by atoms with Crippen LogP contribution in [0.1, 0.15) is 19.4 Å². The summed E-state index contributed by atoms with van der Waals surface area (Å²) in [6, 6.07) is 15.3. The molecule has 138 valence electrons. The summed E-state index contributed by atoms with van der Waals surface area (Å²) in [4.78, 5) is 11.2. The fraction of sp³-hybridized carbons (Fsp3) is 0.211. The summed E-state index contributed by atoms with van der Waals surface area (Å²) in [6.07, 6.45) is 2.55. The lowest BCUT2D eigenvalue weighted by Crippen LogP contribution is -2.34. The van der Waals surface area contributed by atoms with Gasteiger partial charge in [0.05, 0.1) is 10.6 Å². The fourth-order valence-electron chi connectivity index (χ4n) is 2.38. The van der Waals surface area contributed by atoms with E-state index in [2.05, 4.69) is 0 Å². The number of amides is 1. The quantitative estimate of drug-likeness (QED) is 0.443. The highest BCUT2D eigenvalue weighted by Gasteiger charge is 2.25. The minimum absolute atomic E-state index is 0.133. The number of sulfonamides is 1. The van der Waals surface area contributed by atoms with E-state index < -0.39 is 15.9 Å². The van der Waals surface area contributed by atoms with Crippen LogP contribution in [0.15, 0.2) is 65.6 Å². The largest absolute Gasteiger partial charge is 0.288 e. The van der Waals surface area contributed by atoms with Crippen LogP contribution in [0, 0.1) is 5.92 Å². The van der Waals surface area contributed by atoms with Gasteiger partial charge in [-0.15, -0.1) is 0 Å². The Bertz CT molecular complexity index is 877. The first-order valence-corrected chi connectivity index (χ1v) is 9.58. The third-order valence-corrected chi connectivity index (χ3v) is 5.35. The Morgan fingerprint density at radius 1 is 1.15 bits per heavy atom. The van der Waals surface area contributed by atoms with Crippen molar-refractivity contribution in [2.24, 2.45) is 5.92 Å². The molecule has 1 amide bonds. The second-order valence-electron chi connectivity index (χ2n) is 6.15. The molecule has 7 heteroatoms. The molecule has 0 radical (unpaired) electrons. The van der Waals surface area contributed by atoms with Crippen LogP contribution in [0.2, 0.25) is 0 Å². The van der Waals surface area contributed by atoms with Gasteiger partial charge in [0.2, 0.25) is 0 Å². The zero-order valence-corrected chi connectivity index (χ0v) is 15.5. The Kier molecular flexibility index (Phi) is 6.54. The molecular formula is C19H22N2O4S. The Morgan fingerprint density at radius 3 is 2.46 bits per heavy atom. The van der Waals surface area contributed by atoms with Crippen LogP contribution in [0.4, 0.5) is 5.69 Å². The van der Waals surface area contributed by atoms with Crippen molar-refractivity contribution in [2.75, 3.05) is 10.8 Å². The highest BCUT2D eigenvalue weighted by molar-refractivity contribution is 7.92. The van der Waals surface area contributed by atoms with Crippen molar-refractivity contribution in [3.8, 4) is 0 Å². The molecule has 0 bridgehead atoms. The highest BCUT2D eigenvalue weighted by Crippen LogP contribution is 2.25. The van der Waals surface area contributed by atoms with Gasteiger partial charge in [0.1, 0.15) is 0 Å². The molecule has 0 unspecified atom stereocenters. The second kappa shape index (κ2) is 8.64. The molecule has 0 saturated heterocycles. The van der Waals surface area contributed by atoms with Crippen molar-refractivity contribution in [2.45, 2.75) is 18.7 Å². The van der Waals surface area contributed by atoms with Crippen molar-refractivity contribution in [1.29, 1.82) is 0 Å². The number of carbonyl (C=O) groups excluding carboxylic acids is 1. The number of benzene rings is 2. The minimum atomic E-state index is -3.77. The average molecular weight is 374 g/mol. The molecule has 6 nitrogen and oxygen atoms in total. The summed E-state index contributed by atoms with van der Waals surface area (Å²) in [7, 11) is -3.77. The Morgan fingerprint density at radius 2 is 1.85 bits per heavy atom. The van der Waals surface area contributed by atoms with E-state index >= 15 is 0 Å². The number of carbonyl (C=O) groups is 1. The topological polar surface area (TPSA) is 86.7 Å². The maximum absolute atomic E-state index is 13.2. The fourth-order valence-corrected chi connectivity index (χ4v) is 4.07. The average Bonchev–Trinajstić information content (AvgIpc) is 2.64. The van der Waals surface area contributed by atoms with E-state index in [1.54, 1.807) is 36.4 Å². The van der Waals surface area contributed by atoms with E-state index in [-0.39, 0.29) is 10.8 Å². The molecule has 0 aliphatic rings. The lowest BCUT2D eigenvalue weighted by molar-refractivity contribution is -0.124. The predicted molar refractivity (Wildman–Crippen MR) is 101 cm³/mol. The van der Waals surface area contributed by atoms with Crippen molar-refractivity contribution in [3.63, 3.8) is 0 Å². The lowest BCUT2D eigenvalue weighted by atomic mass is 10.2. The van der Waals surface area contributed by atoms with Crippen molar-refractivity contribution < 1.29 is 18.4 Å². The first-order chi connectivity index (χ1) is 12.3. The Hall–Kier alpha value is -2.64. The molecule has 26 heavy (non-hydrogen) atoms. The van der Waals surface area contributed by atoms with Crippen molar-refractivity contribution in [1.82, 2.24) is 5.48 Å². The van der Waals surface area contributed by atoms with Gasteiger partial charge in [0.15, 0.2) is 0 Å². The molecule has 0 aliphatic heterocycles. The van der Waals surface area contributed by atoms with E-state index in [0.29, 0.717) is 17.8 Å². The molecule has 2 N–H and O–H groups in total. The normalized spacial score (nSPS) is 11.7. The van der Waals surface area contributed by atoms with Crippen LogP contribution >= 0.6 is 0 Å². The summed E-state index contributed by atoms with van der Waals surface area (Å²) in [5.74, 6) is -0.551. The van der Waals surface area contributed by atoms with E-state index in [1.807, 2.05) is 19.9 Å². The molecule has 0 aromatic heterocycles. The summed E-state index contributed by atoms with van der Waals surface area (Å²) in [6.45, 7) is 4.26. The number of para-hydroxylation sites is 1. The molecular weight excluding hydrogens is 352 g/mol. The molecule has 0 spiro atoms. The molecule has 0 saturated carbocycles. The van der Waals surface area contributed by atoms with Gasteiger partial charge in [-0.25, -0.2) is 13.9 Å². The van der Waals surface area contributed by atoms with Gasteiger partial charge in [-0.3, -0.25) is 14.3 Å². The second-order valence-corrected chi connectivity index (χ2v) is 8.01. The molecule has 0 heterocycles. The van der Waals surface area contributed by atoms with Crippen LogP contribution in [-0.2, 0) is 14.8 Å². The monoisotopic (exact) mass is 374 g/mol. The molecule has 0 atom stereocenters. The summed E-state index contributed by atoms with van der Waals surface area (Å²) in [5, 5.41) is 8.53. The lowest BCUT2D eigenvalue weighted by Gasteiger charge is -2.26. The zero-order valence-electron chi connectivity index (χ0n) is 14.7. The Balaban J connectivity index is 2.43. The van der Waals surface area contributed by atoms with Crippen LogP contribution in [-0.4, -0.2) is 26.1 Å². The summed E-state index contributed by atoms with van der Waals surface area (Å²) < 4.78 is 27.8. The number of hydroxylamine groups is 1. The molecule has 2 aromatic carbocycles. The van der Waals surface area contributed by atoms with Gasteiger partial charge in [-0.1, -0.05) is 44.2 Å². The maximum atomic E-state index is 13.2. The maximum Gasteiger partial charge on any atom is 0.267 e. The van der Waals surface area contributed by atoms with Crippen LogP contribution in [0.25, 0.3) is 6.08 Å². The standard InChI is InChI=1S/C19H22N2O4S/c1-15(2)14-21(17-8-4-3-5-9-17)26(24,25)18-10-6-7-16(13-18)11-12-19(22)20-23/h3-13,15,23H,14H2,1-2H3,(H,20,22). The number of rotatable bonds is 7. The third kappa shape index (κ3) is 4.93. The van der Waals surface area contributed by atoms with Crippen molar-refractivity contribution in [3.05, 3.63) is 66.2 Å². The predicted octanol–water partition coefficient (Wildman–Crippen LogP) is 3.06. The summed E-state index contributed by atoms with van der Waals surface area (Å²) in [5.41, 5.74) is 2.62.